The zero-order valence-corrected chi connectivity index (χ0v) is 13.2. The summed E-state index contributed by atoms with van der Waals surface area (Å²) in [4.78, 5) is 0. The van der Waals surface area contributed by atoms with Crippen molar-refractivity contribution in [2.24, 2.45) is 5.41 Å². The summed E-state index contributed by atoms with van der Waals surface area (Å²) in [6.07, 6.45) is 21.0. The van der Waals surface area contributed by atoms with Crippen LogP contribution in [0.25, 0.3) is 0 Å². The summed E-state index contributed by atoms with van der Waals surface area (Å²) in [7, 11) is 0. The number of unbranched alkanes of at least 4 members (excludes halogenated alkanes) is 3. The number of hydrogen-bond donors (Lipinski definition) is 0. The highest BCUT2D eigenvalue weighted by molar-refractivity contribution is 4.85. The van der Waals surface area contributed by atoms with Gasteiger partial charge in [0.05, 0.1) is 0 Å². The normalized spacial score (nSPS) is 12.9. The Morgan fingerprint density at radius 3 is 2.00 bits per heavy atom. The number of allylic oxidation sites excluding steroid dienone is 4. The average molecular weight is 250 g/mol. The first-order chi connectivity index (χ1) is 8.62. The van der Waals surface area contributed by atoms with Crippen LogP contribution in [0, 0.1) is 5.41 Å². The first-order valence-corrected chi connectivity index (χ1v) is 7.92. The van der Waals surface area contributed by atoms with Crippen LogP contribution in [0.2, 0.25) is 0 Å². The minimum absolute atomic E-state index is 0.509. The molecule has 0 aliphatic heterocycles. The summed E-state index contributed by atoms with van der Waals surface area (Å²) in [6, 6.07) is 0. The summed E-state index contributed by atoms with van der Waals surface area (Å²) in [5.41, 5.74) is 0.509. The van der Waals surface area contributed by atoms with Gasteiger partial charge in [0.15, 0.2) is 0 Å². The molecular weight excluding hydrogens is 216 g/mol. The van der Waals surface area contributed by atoms with Crippen LogP contribution in [0.5, 0.6) is 0 Å². The molecule has 0 amide bonds. The molecule has 0 N–H and O–H groups in total. The zero-order valence-electron chi connectivity index (χ0n) is 13.2. The summed E-state index contributed by atoms with van der Waals surface area (Å²) in [5.74, 6) is 0. The van der Waals surface area contributed by atoms with E-state index < -0.39 is 0 Å². The lowest BCUT2D eigenvalue weighted by Crippen LogP contribution is -2.10. The van der Waals surface area contributed by atoms with E-state index in [0.29, 0.717) is 5.41 Å². The topological polar surface area (TPSA) is 0 Å². The first kappa shape index (κ1) is 17.5. The summed E-state index contributed by atoms with van der Waals surface area (Å²) in [6.45, 7) is 9.28. The van der Waals surface area contributed by atoms with Crippen molar-refractivity contribution in [1.82, 2.24) is 0 Å². The van der Waals surface area contributed by atoms with E-state index in [0.717, 1.165) is 0 Å². The van der Waals surface area contributed by atoms with Crippen molar-refractivity contribution in [2.45, 2.75) is 85.5 Å². The van der Waals surface area contributed by atoms with Gasteiger partial charge in [-0.05, 0) is 50.4 Å². The van der Waals surface area contributed by atoms with Gasteiger partial charge >= 0.3 is 0 Å². The Morgan fingerprint density at radius 2 is 1.33 bits per heavy atom. The summed E-state index contributed by atoms with van der Waals surface area (Å²) >= 11 is 0. The van der Waals surface area contributed by atoms with E-state index >= 15 is 0 Å². The summed E-state index contributed by atoms with van der Waals surface area (Å²) in [5, 5.41) is 0. The van der Waals surface area contributed by atoms with E-state index in [9.17, 15) is 0 Å². The lowest BCUT2D eigenvalue weighted by Gasteiger charge is -2.23. The van der Waals surface area contributed by atoms with Crippen LogP contribution < -0.4 is 0 Å². The van der Waals surface area contributed by atoms with Gasteiger partial charge in [-0.25, -0.2) is 0 Å². The zero-order chi connectivity index (χ0) is 13.7. The van der Waals surface area contributed by atoms with E-state index in [4.69, 9.17) is 0 Å². The molecule has 0 saturated carbocycles. The van der Waals surface area contributed by atoms with Crippen LogP contribution in [0.4, 0.5) is 0 Å². The fraction of sp³-hybridized carbons (Fsp3) is 0.778. The molecule has 0 fully saturated rings. The molecule has 0 aromatic rings. The van der Waals surface area contributed by atoms with Gasteiger partial charge in [0.25, 0.3) is 0 Å². The first-order valence-electron chi connectivity index (χ1n) is 7.92. The van der Waals surface area contributed by atoms with Crippen molar-refractivity contribution in [1.29, 1.82) is 0 Å². The van der Waals surface area contributed by atoms with Crippen LogP contribution in [0.3, 0.4) is 0 Å². The predicted octanol–water partition coefficient (Wildman–Crippen LogP) is 6.68. The SMILES string of the molecule is CCC=CCCCC(C)(C)CCC=CCCCC. The molecule has 0 bridgehead atoms. The minimum atomic E-state index is 0.509. The van der Waals surface area contributed by atoms with Crippen molar-refractivity contribution in [3.05, 3.63) is 24.3 Å². The highest BCUT2D eigenvalue weighted by Gasteiger charge is 2.15. The number of hydrogen-bond acceptors (Lipinski definition) is 0. The Kier molecular flexibility index (Phi) is 11.2. The molecule has 0 nitrogen and oxygen atoms in total. The van der Waals surface area contributed by atoms with Gasteiger partial charge in [-0.2, -0.15) is 0 Å². The Bertz CT molecular complexity index is 220. The van der Waals surface area contributed by atoms with Crippen molar-refractivity contribution < 1.29 is 0 Å². The molecular formula is C18H34. The third-order valence-corrected chi connectivity index (χ3v) is 3.51. The predicted molar refractivity (Wildman–Crippen MR) is 85.0 cm³/mol. The van der Waals surface area contributed by atoms with Gasteiger partial charge < -0.3 is 0 Å². The molecule has 0 spiro atoms. The van der Waals surface area contributed by atoms with Crippen molar-refractivity contribution >= 4 is 0 Å². The second-order valence-electron chi connectivity index (χ2n) is 6.09. The van der Waals surface area contributed by atoms with Crippen LogP contribution in [0.1, 0.15) is 85.5 Å². The monoisotopic (exact) mass is 250 g/mol. The smallest absolute Gasteiger partial charge is 0.0346 e. The van der Waals surface area contributed by atoms with Crippen LogP contribution >= 0.6 is 0 Å². The highest BCUT2D eigenvalue weighted by Crippen LogP contribution is 2.29. The van der Waals surface area contributed by atoms with Gasteiger partial charge in [-0.3, -0.25) is 0 Å². The molecule has 0 aliphatic carbocycles. The quantitative estimate of drug-likeness (QED) is 0.283. The maximum absolute atomic E-state index is 2.41. The lowest BCUT2D eigenvalue weighted by molar-refractivity contribution is 0.302. The lowest BCUT2D eigenvalue weighted by atomic mass is 9.82. The average Bonchev–Trinajstić information content (AvgIpc) is 2.33. The Morgan fingerprint density at radius 1 is 0.722 bits per heavy atom. The molecule has 18 heavy (non-hydrogen) atoms. The second-order valence-corrected chi connectivity index (χ2v) is 6.09. The molecule has 0 rings (SSSR count). The Labute approximate surface area is 116 Å². The maximum atomic E-state index is 2.41. The third kappa shape index (κ3) is 12.0. The molecule has 106 valence electrons. The fourth-order valence-electron chi connectivity index (χ4n) is 2.14. The minimum Gasteiger partial charge on any atom is -0.0888 e. The van der Waals surface area contributed by atoms with E-state index in [1.807, 2.05) is 0 Å². The van der Waals surface area contributed by atoms with Crippen LogP contribution in [0.15, 0.2) is 24.3 Å². The Balaban J connectivity index is 3.59. The number of rotatable bonds is 11. The molecule has 0 atom stereocenters. The third-order valence-electron chi connectivity index (χ3n) is 3.51. The van der Waals surface area contributed by atoms with Gasteiger partial charge in [0, 0.05) is 0 Å². The van der Waals surface area contributed by atoms with Crippen molar-refractivity contribution in [3.63, 3.8) is 0 Å². The van der Waals surface area contributed by atoms with Crippen LogP contribution in [-0.2, 0) is 0 Å². The molecule has 0 aromatic carbocycles. The largest absolute Gasteiger partial charge is 0.0888 e. The molecule has 0 radical (unpaired) electrons. The summed E-state index contributed by atoms with van der Waals surface area (Å²) < 4.78 is 0. The molecule has 0 heterocycles. The van der Waals surface area contributed by atoms with Crippen LogP contribution in [-0.4, -0.2) is 0 Å². The fourth-order valence-corrected chi connectivity index (χ4v) is 2.14. The highest BCUT2D eigenvalue weighted by atomic mass is 14.2. The Hall–Kier alpha value is -0.520. The second kappa shape index (κ2) is 11.6. The maximum Gasteiger partial charge on any atom is -0.0346 e. The molecule has 0 saturated heterocycles. The molecule has 0 heteroatoms. The van der Waals surface area contributed by atoms with Gasteiger partial charge in [0.2, 0.25) is 0 Å². The van der Waals surface area contributed by atoms with E-state index in [-0.39, 0.29) is 0 Å². The van der Waals surface area contributed by atoms with E-state index in [1.54, 1.807) is 0 Å². The van der Waals surface area contributed by atoms with Crippen molar-refractivity contribution in [3.8, 4) is 0 Å². The molecule has 0 aliphatic rings. The standard InChI is InChI=1S/C18H34/c1-5-7-9-11-13-15-17-18(3,4)16-14-12-10-8-6-2/h8,10-11,13H,5-7,9,12,14-17H2,1-4H3. The van der Waals surface area contributed by atoms with Gasteiger partial charge in [-0.15, -0.1) is 0 Å². The van der Waals surface area contributed by atoms with Crippen molar-refractivity contribution in [2.75, 3.05) is 0 Å². The van der Waals surface area contributed by atoms with E-state index in [1.165, 1.54) is 57.8 Å². The van der Waals surface area contributed by atoms with Gasteiger partial charge in [0.1, 0.15) is 0 Å². The van der Waals surface area contributed by atoms with Gasteiger partial charge in [-0.1, -0.05) is 64.8 Å². The van der Waals surface area contributed by atoms with E-state index in [2.05, 4.69) is 52.0 Å². The molecule has 0 aromatic heterocycles. The molecule has 0 unspecified atom stereocenters.